The van der Waals surface area contributed by atoms with Crippen LogP contribution in [-0.4, -0.2) is 9.73 Å². The molecule has 0 atom stereocenters. The first-order chi connectivity index (χ1) is 10.7. The number of aryl methyl sites for hydroxylation is 2. The van der Waals surface area contributed by atoms with E-state index in [9.17, 15) is 0 Å². The number of fused-ring (bicyclic) bond motifs is 1. The summed E-state index contributed by atoms with van der Waals surface area (Å²) < 4.78 is 3.23. The maximum atomic E-state index is 8.20. The average Bonchev–Trinajstić information content (AvgIpc) is 2.84. The number of amidine groups is 1. The standard InChI is InChI=1S/C17H17N3S2/c1-3-12-8-4-6-10-14(12)21-16(18)19-17-20(2)13-9-5-7-11-15(13)22-17/h4-11,18H,3H2,1-2H3. The minimum absolute atomic E-state index is 0.322. The number of thioether (sulfide) groups is 1. The highest BCUT2D eigenvalue weighted by Crippen LogP contribution is 2.24. The van der Waals surface area contributed by atoms with Gasteiger partial charge in [0, 0.05) is 11.9 Å². The van der Waals surface area contributed by atoms with Gasteiger partial charge in [0.2, 0.25) is 0 Å². The van der Waals surface area contributed by atoms with Crippen LogP contribution < -0.4 is 4.80 Å². The molecule has 22 heavy (non-hydrogen) atoms. The van der Waals surface area contributed by atoms with E-state index >= 15 is 0 Å². The smallest absolute Gasteiger partial charge is 0.192 e. The van der Waals surface area contributed by atoms with Crippen molar-refractivity contribution < 1.29 is 0 Å². The highest BCUT2D eigenvalue weighted by Gasteiger charge is 2.06. The molecule has 5 heteroatoms. The van der Waals surface area contributed by atoms with Crippen LogP contribution in [0.1, 0.15) is 12.5 Å². The molecule has 0 spiro atoms. The Hall–Kier alpha value is -1.85. The van der Waals surface area contributed by atoms with Gasteiger partial charge < -0.3 is 4.57 Å². The number of nitrogens with zero attached hydrogens (tertiary/aromatic N) is 2. The van der Waals surface area contributed by atoms with E-state index < -0.39 is 0 Å². The zero-order valence-corrected chi connectivity index (χ0v) is 14.2. The van der Waals surface area contributed by atoms with Crippen molar-refractivity contribution in [1.29, 1.82) is 5.41 Å². The fraction of sp³-hybridized carbons (Fsp3) is 0.176. The minimum Gasteiger partial charge on any atom is -0.319 e. The van der Waals surface area contributed by atoms with Gasteiger partial charge in [0.15, 0.2) is 9.97 Å². The number of thiazole rings is 1. The molecule has 1 aromatic heterocycles. The fourth-order valence-corrected chi connectivity index (χ4v) is 4.21. The van der Waals surface area contributed by atoms with E-state index in [0.717, 1.165) is 21.6 Å². The Morgan fingerprint density at radius 1 is 1.18 bits per heavy atom. The Morgan fingerprint density at radius 2 is 1.91 bits per heavy atom. The molecule has 3 rings (SSSR count). The maximum absolute atomic E-state index is 8.20. The van der Waals surface area contributed by atoms with E-state index in [2.05, 4.69) is 36.2 Å². The van der Waals surface area contributed by atoms with Crippen LogP contribution in [0.5, 0.6) is 0 Å². The molecule has 3 aromatic rings. The number of hydrogen-bond donors (Lipinski definition) is 1. The zero-order valence-electron chi connectivity index (χ0n) is 12.5. The Balaban J connectivity index is 1.93. The molecule has 0 aliphatic rings. The van der Waals surface area contributed by atoms with Crippen molar-refractivity contribution in [3.63, 3.8) is 0 Å². The molecule has 0 amide bonds. The third-order valence-corrected chi connectivity index (χ3v) is 5.49. The molecule has 3 nitrogen and oxygen atoms in total. The van der Waals surface area contributed by atoms with Crippen molar-refractivity contribution >= 4 is 38.5 Å². The summed E-state index contributed by atoms with van der Waals surface area (Å²) in [7, 11) is 2.00. The van der Waals surface area contributed by atoms with Crippen molar-refractivity contribution in [3.05, 3.63) is 58.9 Å². The number of rotatable bonds is 2. The number of benzene rings is 2. The summed E-state index contributed by atoms with van der Waals surface area (Å²) >= 11 is 3.03. The molecule has 0 aliphatic heterocycles. The van der Waals surface area contributed by atoms with E-state index in [1.54, 1.807) is 11.3 Å². The van der Waals surface area contributed by atoms with Gasteiger partial charge in [-0.05, 0) is 30.2 Å². The minimum atomic E-state index is 0.322. The Labute approximate surface area is 137 Å². The molecule has 0 radical (unpaired) electrons. The average molecular weight is 327 g/mol. The third-order valence-electron chi connectivity index (χ3n) is 3.47. The van der Waals surface area contributed by atoms with Gasteiger partial charge in [0.25, 0.3) is 0 Å². The fourth-order valence-electron chi connectivity index (χ4n) is 2.30. The van der Waals surface area contributed by atoms with Crippen LogP contribution in [0.4, 0.5) is 0 Å². The largest absolute Gasteiger partial charge is 0.319 e. The van der Waals surface area contributed by atoms with E-state index in [4.69, 9.17) is 5.41 Å². The van der Waals surface area contributed by atoms with Crippen molar-refractivity contribution in [2.75, 3.05) is 0 Å². The molecule has 1 heterocycles. The molecular formula is C17H17N3S2. The molecule has 0 unspecified atom stereocenters. The lowest BCUT2D eigenvalue weighted by atomic mass is 10.2. The highest BCUT2D eigenvalue weighted by molar-refractivity contribution is 8.13. The predicted octanol–water partition coefficient (Wildman–Crippen LogP) is 4.43. The van der Waals surface area contributed by atoms with E-state index in [1.807, 2.05) is 35.9 Å². The molecule has 0 aliphatic carbocycles. The molecule has 2 aromatic carbocycles. The molecule has 0 saturated carbocycles. The molecule has 0 fully saturated rings. The van der Waals surface area contributed by atoms with Gasteiger partial charge in [-0.25, -0.2) is 0 Å². The van der Waals surface area contributed by atoms with Crippen molar-refractivity contribution in [1.82, 2.24) is 4.57 Å². The third kappa shape index (κ3) is 3.00. The van der Waals surface area contributed by atoms with Crippen molar-refractivity contribution in [2.24, 2.45) is 12.0 Å². The second kappa shape index (κ2) is 6.50. The van der Waals surface area contributed by atoms with Crippen molar-refractivity contribution in [2.45, 2.75) is 18.2 Å². The van der Waals surface area contributed by atoms with Crippen LogP contribution >= 0.6 is 23.1 Å². The van der Waals surface area contributed by atoms with Gasteiger partial charge >= 0.3 is 0 Å². The number of nitrogens with one attached hydrogen (secondary N) is 1. The Bertz CT molecular complexity index is 890. The van der Waals surface area contributed by atoms with E-state index in [0.29, 0.717) is 5.17 Å². The van der Waals surface area contributed by atoms with E-state index in [1.165, 1.54) is 22.0 Å². The summed E-state index contributed by atoms with van der Waals surface area (Å²) in [4.78, 5) is 6.46. The van der Waals surface area contributed by atoms with Gasteiger partial charge in [-0.2, -0.15) is 4.99 Å². The van der Waals surface area contributed by atoms with Crippen molar-refractivity contribution in [3.8, 4) is 0 Å². The monoisotopic (exact) mass is 327 g/mol. The summed E-state index contributed by atoms with van der Waals surface area (Å²) in [5.41, 5.74) is 2.41. The second-order valence-electron chi connectivity index (χ2n) is 4.89. The summed E-state index contributed by atoms with van der Waals surface area (Å²) in [6.45, 7) is 2.13. The summed E-state index contributed by atoms with van der Waals surface area (Å²) in [6.07, 6.45) is 0.965. The summed E-state index contributed by atoms with van der Waals surface area (Å²) in [5.74, 6) is 0. The van der Waals surface area contributed by atoms with Crippen LogP contribution in [0.15, 0.2) is 58.4 Å². The van der Waals surface area contributed by atoms with Gasteiger partial charge in [-0.15, -0.1) is 0 Å². The number of aromatic nitrogens is 1. The second-order valence-corrected chi connectivity index (χ2v) is 6.93. The number of para-hydroxylation sites is 1. The molecule has 1 N–H and O–H groups in total. The highest BCUT2D eigenvalue weighted by atomic mass is 32.2. The van der Waals surface area contributed by atoms with Gasteiger partial charge in [-0.1, -0.05) is 60.4 Å². The topological polar surface area (TPSA) is 41.1 Å². The molecule has 0 bridgehead atoms. The first-order valence-corrected chi connectivity index (χ1v) is 8.76. The number of hydrogen-bond acceptors (Lipinski definition) is 3. The Kier molecular flexibility index (Phi) is 4.45. The van der Waals surface area contributed by atoms with Crippen LogP contribution in [0.2, 0.25) is 0 Å². The zero-order chi connectivity index (χ0) is 15.5. The molecule has 0 saturated heterocycles. The van der Waals surface area contributed by atoms with Crippen LogP contribution in [0, 0.1) is 5.41 Å². The summed E-state index contributed by atoms with van der Waals surface area (Å²) in [6, 6.07) is 16.4. The first kappa shape index (κ1) is 15.1. The SMILES string of the molecule is CCc1ccccc1SC(=N)N=c1sc2ccccc2n1C. The molecule has 112 valence electrons. The van der Waals surface area contributed by atoms with E-state index in [-0.39, 0.29) is 0 Å². The van der Waals surface area contributed by atoms with Gasteiger partial charge in [0.1, 0.15) is 0 Å². The first-order valence-electron chi connectivity index (χ1n) is 7.12. The summed E-state index contributed by atoms with van der Waals surface area (Å²) in [5, 5.41) is 8.52. The normalized spacial score (nSPS) is 12.0. The maximum Gasteiger partial charge on any atom is 0.192 e. The Morgan fingerprint density at radius 3 is 2.68 bits per heavy atom. The van der Waals surface area contributed by atoms with Gasteiger partial charge in [-0.3, -0.25) is 5.41 Å². The quantitative estimate of drug-likeness (QED) is 0.422. The lowest BCUT2D eigenvalue weighted by Gasteiger charge is -2.05. The van der Waals surface area contributed by atoms with Crippen LogP contribution in [0.3, 0.4) is 0 Å². The lowest BCUT2D eigenvalue weighted by Crippen LogP contribution is -2.11. The predicted molar refractivity (Wildman–Crippen MR) is 95.8 cm³/mol. The molecular weight excluding hydrogens is 310 g/mol. The van der Waals surface area contributed by atoms with Crippen LogP contribution in [-0.2, 0) is 13.5 Å². The van der Waals surface area contributed by atoms with Crippen LogP contribution in [0.25, 0.3) is 10.2 Å². The lowest BCUT2D eigenvalue weighted by molar-refractivity contribution is 0.917. The van der Waals surface area contributed by atoms with Gasteiger partial charge in [0.05, 0.1) is 10.2 Å².